The van der Waals surface area contributed by atoms with Crippen LogP contribution >= 0.6 is 0 Å². The van der Waals surface area contributed by atoms with Gasteiger partial charge >= 0.3 is 0 Å². The standard InChI is InChI=1S/C12H17NO3S/c1-9-3-4-12(10(2)5-9)17(15,16)13-6-11(7-13)8-14/h3-5,11,14H,6-8H2,1-2H3. The van der Waals surface area contributed by atoms with Crippen molar-refractivity contribution in [1.82, 2.24) is 4.31 Å². The summed E-state index contributed by atoms with van der Waals surface area (Å²) in [4.78, 5) is 0.375. The van der Waals surface area contributed by atoms with Gasteiger partial charge in [0.05, 0.1) is 4.90 Å². The highest BCUT2D eigenvalue weighted by Crippen LogP contribution is 2.27. The van der Waals surface area contributed by atoms with E-state index in [1.807, 2.05) is 26.0 Å². The molecule has 17 heavy (non-hydrogen) atoms. The van der Waals surface area contributed by atoms with Gasteiger partial charge in [-0.15, -0.1) is 0 Å². The summed E-state index contributed by atoms with van der Waals surface area (Å²) >= 11 is 0. The van der Waals surface area contributed by atoms with E-state index in [4.69, 9.17) is 5.11 Å². The number of sulfonamides is 1. The number of hydrogen-bond acceptors (Lipinski definition) is 3. The molecule has 0 atom stereocenters. The number of rotatable bonds is 3. The van der Waals surface area contributed by atoms with Gasteiger partial charge in [0.15, 0.2) is 0 Å². The van der Waals surface area contributed by atoms with Gasteiger partial charge in [0.1, 0.15) is 0 Å². The predicted molar refractivity (Wildman–Crippen MR) is 65.3 cm³/mol. The van der Waals surface area contributed by atoms with Crippen molar-refractivity contribution in [3.63, 3.8) is 0 Å². The van der Waals surface area contributed by atoms with Gasteiger partial charge in [-0.05, 0) is 25.5 Å². The van der Waals surface area contributed by atoms with Gasteiger partial charge in [-0.1, -0.05) is 17.7 Å². The first kappa shape index (κ1) is 12.5. The van der Waals surface area contributed by atoms with Crippen molar-refractivity contribution in [3.8, 4) is 0 Å². The lowest BCUT2D eigenvalue weighted by Crippen LogP contribution is -2.51. The minimum atomic E-state index is -3.37. The molecule has 1 N–H and O–H groups in total. The summed E-state index contributed by atoms with van der Waals surface area (Å²) in [5, 5.41) is 8.91. The largest absolute Gasteiger partial charge is 0.396 e. The van der Waals surface area contributed by atoms with Crippen molar-refractivity contribution in [2.75, 3.05) is 19.7 Å². The number of nitrogens with zero attached hydrogens (tertiary/aromatic N) is 1. The molecule has 1 aromatic rings. The molecule has 1 saturated heterocycles. The number of aliphatic hydroxyl groups excluding tert-OH is 1. The minimum Gasteiger partial charge on any atom is -0.396 e. The molecule has 0 saturated carbocycles. The zero-order valence-corrected chi connectivity index (χ0v) is 10.9. The Kier molecular flexibility index (Phi) is 3.25. The molecule has 0 spiro atoms. The van der Waals surface area contributed by atoms with Crippen LogP contribution in [0.2, 0.25) is 0 Å². The normalized spacial score (nSPS) is 18.1. The van der Waals surface area contributed by atoms with E-state index in [1.54, 1.807) is 6.07 Å². The smallest absolute Gasteiger partial charge is 0.243 e. The van der Waals surface area contributed by atoms with Crippen molar-refractivity contribution in [2.24, 2.45) is 5.92 Å². The molecule has 1 heterocycles. The maximum absolute atomic E-state index is 12.3. The fourth-order valence-corrected chi connectivity index (χ4v) is 3.86. The van der Waals surface area contributed by atoms with Gasteiger partial charge in [0.25, 0.3) is 0 Å². The molecule has 2 rings (SSSR count). The molecule has 0 amide bonds. The Morgan fingerprint density at radius 1 is 1.35 bits per heavy atom. The third-order valence-electron chi connectivity index (χ3n) is 3.13. The first-order valence-electron chi connectivity index (χ1n) is 5.63. The third-order valence-corrected chi connectivity index (χ3v) is 5.12. The van der Waals surface area contributed by atoms with Crippen LogP contribution in [0.1, 0.15) is 11.1 Å². The molecular weight excluding hydrogens is 238 g/mol. The molecule has 0 aromatic heterocycles. The molecule has 1 aliphatic heterocycles. The number of hydrogen-bond donors (Lipinski definition) is 1. The Bertz CT molecular complexity index is 519. The maximum Gasteiger partial charge on any atom is 0.243 e. The van der Waals surface area contributed by atoms with Crippen LogP contribution < -0.4 is 0 Å². The Morgan fingerprint density at radius 3 is 2.53 bits per heavy atom. The van der Waals surface area contributed by atoms with Crippen molar-refractivity contribution in [2.45, 2.75) is 18.7 Å². The second-order valence-electron chi connectivity index (χ2n) is 4.64. The Labute approximate surface area is 102 Å². The Balaban J connectivity index is 2.27. The zero-order valence-electron chi connectivity index (χ0n) is 10.0. The average Bonchev–Trinajstić information content (AvgIpc) is 2.14. The molecule has 1 fully saturated rings. The first-order chi connectivity index (χ1) is 7.95. The highest BCUT2D eigenvalue weighted by molar-refractivity contribution is 7.89. The van der Waals surface area contributed by atoms with Crippen LogP contribution in [0.5, 0.6) is 0 Å². The van der Waals surface area contributed by atoms with Gasteiger partial charge in [0, 0.05) is 25.6 Å². The van der Waals surface area contributed by atoms with Gasteiger partial charge in [0.2, 0.25) is 10.0 Å². The Morgan fingerprint density at radius 2 is 2.00 bits per heavy atom. The van der Waals surface area contributed by atoms with E-state index in [0.29, 0.717) is 18.0 Å². The van der Waals surface area contributed by atoms with Crippen molar-refractivity contribution < 1.29 is 13.5 Å². The molecule has 5 heteroatoms. The zero-order chi connectivity index (χ0) is 12.6. The molecular formula is C12H17NO3S. The molecule has 0 bridgehead atoms. The van der Waals surface area contributed by atoms with Crippen molar-refractivity contribution >= 4 is 10.0 Å². The summed E-state index contributed by atoms with van der Waals surface area (Å²) in [5.41, 5.74) is 1.83. The predicted octanol–water partition coefficient (Wildman–Crippen LogP) is 0.916. The molecule has 0 aliphatic carbocycles. The number of aliphatic hydroxyl groups is 1. The fraction of sp³-hybridized carbons (Fsp3) is 0.500. The highest BCUT2D eigenvalue weighted by atomic mass is 32.2. The molecule has 0 radical (unpaired) electrons. The van der Waals surface area contributed by atoms with Crippen LogP contribution in [0.25, 0.3) is 0 Å². The summed E-state index contributed by atoms with van der Waals surface area (Å²) < 4.78 is 25.9. The molecule has 1 aromatic carbocycles. The monoisotopic (exact) mass is 255 g/mol. The SMILES string of the molecule is Cc1ccc(S(=O)(=O)N2CC(CO)C2)c(C)c1. The van der Waals surface area contributed by atoms with Crippen LogP contribution in [0.4, 0.5) is 0 Å². The lowest BCUT2D eigenvalue weighted by Gasteiger charge is -2.37. The molecule has 4 nitrogen and oxygen atoms in total. The quantitative estimate of drug-likeness (QED) is 0.873. The summed E-state index contributed by atoms with van der Waals surface area (Å²) in [6.45, 7) is 4.65. The van der Waals surface area contributed by atoms with E-state index >= 15 is 0 Å². The van der Waals surface area contributed by atoms with Gasteiger partial charge < -0.3 is 5.11 Å². The van der Waals surface area contributed by atoms with Gasteiger partial charge in [-0.3, -0.25) is 0 Å². The minimum absolute atomic E-state index is 0.0545. The number of benzene rings is 1. The first-order valence-corrected chi connectivity index (χ1v) is 7.07. The average molecular weight is 255 g/mol. The van der Waals surface area contributed by atoms with Crippen LogP contribution in [0.3, 0.4) is 0 Å². The molecule has 94 valence electrons. The lowest BCUT2D eigenvalue weighted by atomic mass is 10.1. The van der Waals surface area contributed by atoms with Crippen molar-refractivity contribution in [3.05, 3.63) is 29.3 Å². The van der Waals surface area contributed by atoms with Crippen LogP contribution in [-0.4, -0.2) is 37.5 Å². The summed E-state index contributed by atoms with van der Waals surface area (Å²) in [6, 6.07) is 5.34. The van der Waals surface area contributed by atoms with E-state index in [-0.39, 0.29) is 12.5 Å². The summed E-state index contributed by atoms with van der Waals surface area (Å²) in [5.74, 6) is 0.0931. The van der Waals surface area contributed by atoms with Crippen LogP contribution in [-0.2, 0) is 10.0 Å². The van der Waals surface area contributed by atoms with E-state index < -0.39 is 10.0 Å². The highest BCUT2D eigenvalue weighted by Gasteiger charge is 2.36. The summed E-state index contributed by atoms with van der Waals surface area (Å²) in [6.07, 6.45) is 0. The molecule has 1 aliphatic rings. The van der Waals surface area contributed by atoms with Crippen LogP contribution in [0.15, 0.2) is 23.1 Å². The van der Waals surface area contributed by atoms with Gasteiger partial charge in [-0.25, -0.2) is 8.42 Å². The second-order valence-corrected chi connectivity index (χ2v) is 6.55. The number of aryl methyl sites for hydroxylation is 2. The van der Waals surface area contributed by atoms with E-state index in [1.165, 1.54) is 4.31 Å². The summed E-state index contributed by atoms with van der Waals surface area (Å²) in [7, 11) is -3.37. The topological polar surface area (TPSA) is 57.6 Å². The maximum atomic E-state index is 12.3. The third kappa shape index (κ3) is 2.22. The molecule has 0 unspecified atom stereocenters. The van der Waals surface area contributed by atoms with E-state index in [2.05, 4.69) is 0 Å². The van der Waals surface area contributed by atoms with Gasteiger partial charge in [-0.2, -0.15) is 4.31 Å². The lowest BCUT2D eigenvalue weighted by molar-refractivity contribution is 0.117. The van der Waals surface area contributed by atoms with Crippen molar-refractivity contribution in [1.29, 1.82) is 0 Å². The van der Waals surface area contributed by atoms with E-state index in [9.17, 15) is 8.42 Å². The van der Waals surface area contributed by atoms with Crippen LogP contribution in [0, 0.1) is 19.8 Å². The fourth-order valence-electron chi connectivity index (χ4n) is 2.06. The Hall–Kier alpha value is -0.910. The second kappa shape index (κ2) is 4.40. The van der Waals surface area contributed by atoms with E-state index in [0.717, 1.165) is 11.1 Å².